The van der Waals surface area contributed by atoms with Crippen LogP contribution in [-0.2, 0) is 0 Å². The number of rotatable bonds is 18. The van der Waals surface area contributed by atoms with Crippen LogP contribution in [0.15, 0.2) is 0 Å². The van der Waals surface area contributed by atoms with E-state index in [1.54, 1.807) is 0 Å². The summed E-state index contributed by atoms with van der Waals surface area (Å²) in [6, 6.07) is 0. The third kappa shape index (κ3) is 101. The van der Waals surface area contributed by atoms with Crippen LogP contribution in [0.4, 0.5) is 0 Å². The Kier molecular flexibility index (Phi) is 88.0. The third-order valence-corrected chi connectivity index (χ3v) is 22.7. The third-order valence-electron chi connectivity index (χ3n) is 22.7. The number of hydrogen-bond donors (Lipinski definition) is 0. The first-order chi connectivity index (χ1) is 41.5. The summed E-state index contributed by atoms with van der Waals surface area (Å²) in [6.45, 7) is 100. The van der Waals surface area contributed by atoms with Crippen molar-refractivity contribution in [2.75, 3.05) is 0 Å². The van der Waals surface area contributed by atoms with E-state index in [2.05, 4.69) is 305 Å². The van der Waals surface area contributed by atoms with Gasteiger partial charge in [0.2, 0.25) is 0 Å². The summed E-state index contributed by atoms with van der Waals surface area (Å²) in [5, 5.41) is 0. The molecule has 0 saturated heterocycles. The van der Waals surface area contributed by atoms with Gasteiger partial charge in [-0.05, 0) is 123 Å². The molecule has 566 valence electrons. The summed E-state index contributed by atoms with van der Waals surface area (Å²) < 4.78 is 0. The Hall–Kier alpha value is 0. The van der Waals surface area contributed by atoms with Crippen molar-refractivity contribution in [1.29, 1.82) is 0 Å². The molecule has 0 N–H and O–H groups in total. The van der Waals surface area contributed by atoms with Crippen LogP contribution in [0.2, 0.25) is 0 Å². The molecule has 8 atom stereocenters. The van der Waals surface area contributed by atoms with Gasteiger partial charge in [0, 0.05) is 0 Å². The predicted molar refractivity (Wildman–Crippen MR) is 440 cm³/mol. The van der Waals surface area contributed by atoms with Gasteiger partial charge in [-0.2, -0.15) is 0 Å². The molecule has 3 fully saturated rings. The Morgan fingerprint density at radius 3 is 0.637 bits per heavy atom. The maximum atomic E-state index is 2.36. The first-order valence-electron chi connectivity index (χ1n) is 41.5. The molecule has 3 aliphatic carbocycles. The fourth-order valence-electron chi connectivity index (χ4n) is 8.58. The average Bonchev–Trinajstić information content (AvgIpc) is 4.36. The zero-order valence-corrected chi connectivity index (χ0v) is 74.4. The van der Waals surface area contributed by atoms with Crippen LogP contribution in [-0.4, -0.2) is 0 Å². The lowest BCUT2D eigenvalue weighted by Gasteiger charge is -2.22. The maximum Gasteiger partial charge on any atom is -0.0359 e. The fourth-order valence-corrected chi connectivity index (χ4v) is 8.58. The van der Waals surface area contributed by atoms with E-state index in [0.29, 0.717) is 27.1 Å². The summed E-state index contributed by atoms with van der Waals surface area (Å²) >= 11 is 0. The molecule has 0 bridgehead atoms. The van der Waals surface area contributed by atoms with Crippen molar-refractivity contribution in [3.63, 3.8) is 0 Å². The summed E-state index contributed by atoms with van der Waals surface area (Å²) in [5.74, 6) is 13.1. The maximum absolute atomic E-state index is 2.36. The van der Waals surface area contributed by atoms with E-state index in [1.807, 2.05) is 0 Å². The van der Waals surface area contributed by atoms with Crippen LogP contribution >= 0.6 is 0 Å². The standard InChI is InChI=1S/3C7H14.10C7H16/c1-6-3-4-7(2)5-6;1-6-4-3-5-7(6)2;1-7-5-3-2-4-6-7;2*1-6(2)7(3,4)5;1-5-6-7(2,3)4;2*1-5-7(3,4)6-2;2*1-5-7(4)6(2)3;2*1-4-6-7(3)5-2;1-4-7(5-2)6-3/h2*6-7H,3-5H2,1-2H3;7H,2-6H2,1H3;2*6H,1-5H3;3*5-6H2,1-4H3;2*6-7H,5H2,1-4H3;3*7H,4-6H2,1-3H3/t2*6-,7?;;;;;;;;;;;/m11.........../s1. The molecule has 0 heteroatoms. The second-order valence-electron chi connectivity index (χ2n) is 36.7. The minimum atomic E-state index is 0.500. The molecule has 3 saturated carbocycles. The Bertz CT molecular complexity index is 1160. The van der Waals surface area contributed by atoms with Crippen LogP contribution in [0.1, 0.15) is 484 Å². The lowest BCUT2D eigenvalue weighted by Crippen LogP contribution is -2.12. The highest BCUT2D eigenvalue weighted by atomic mass is 14.2. The van der Waals surface area contributed by atoms with Gasteiger partial charge in [0.15, 0.2) is 0 Å². The molecule has 0 aliphatic heterocycles. The van der Waals surface area contributed by atoms with Gasteiger partial charge in [-0.3, -0.25) is 0 Å². The molecule has 91 heavy (non-hydrogen) atoms. The van der Waals surface area contributed by atoms with Crippen LogP contribution in [0.5, 0.6) is 0 Å². The quantitative estimate of drug-likeness (QED) is 0.128. The second kappa shape index (κ2) is 71.3. The first-order valence-corrected chi connectivity index (χ1v) is 41.5. The van der Waals surface area contributed by atoms with Crippen LogP contribution in [0.25, 0.3) is 0 Å². The largest absolute Gasteiger partial charge is 0.0654 e. The lowest BCUT2D eigenvalue weighted by molar-refractivity contribution is 0.283. The van der Waals surface area contributed by atoms with E-state index in [0.717, 1.165) is 82.9 Å². The number of hydrogen-bond acceptors (Lipinski definition) is 0. The Balaban J connectivity index is -0.0000000976. The smallest absolute Gasteiger partial charge is 0.0359 e. The van der Waals surface area contributed by atoms with Gasteiger partial charge in [0.25, 0.3) is 0 Å². The van der Waals surface area contributed by atoms with Gasteiger partial charge in [0.1, 0.15) is 0 Å². The normalized spacial score (nSPS) is 18.4. The van der Waals surface area contributed by atoms with Crippen molar-refractivity contribution in [3.8, 4) is 0 Å². The van der Waals surface area contributed by atoms with Crippen molar-refractivity contribution in [2.24, 2.45) is 110 Å². The van der Waals surface area contributed by atoms with E-state index >= 15 is 0 Å². The first kappa shape index (κ1) is 112. The lowest BCUT2D eigenvalue weighted by atomic mass is 9.84. The predicted octanol–water partition coefficient (Wildman–Crippen LogP) is 35.2. The molecule has 0 aromatic heterocycles. The molecule has 0 nitrogen and oxygen atoms in total. The highest BCUT2D eigenvalue weighted by molar-refractivity contribution is 4.70. The second-order valence-corrected chi connectivity index (χ2v) is 36.7. The van der Waals surface area contributed by atoms with Gasteiger partial charge < -0.3 is 0 Å². The van der Waals surface area contributed by atoms with E-state index in [9.17, 15) is 0 Å². The molecular weight excluding hydrogens is 1090 g/mol. The van der Waals surface area contributed by atoms with E-state index in [4.69, 9.17) is 0 Å². The van der Waals surface area contributed by atoms with Crippen molar-refractivity contribution in [2.45, 2.75) is 484 Å². The van der Waals surface area contributed by atoms with Gasteiger partial charge in [0.05, 0.1) is 0 Å². The van der Waals surface area contributed by atoms with Gasteiger partial charge in [-0.1, -0.05) is 472 Å². The molecule has 0 amide bonds. The Morgan fingerprint density at radius 1 is 0.308 bits per heavy atom. The molecule has 0 aromatic carbocycles. The van der Waals surface area contributed by atoms with Crippen molar-refractivity contribution >= 4 is 0 Å². The summed E-state index contributed by atoms with van der Waals surface area (Å²) in [4.78, 5) is 0. The minimum absolute atomic E-state index is 0.500. The average molecular weight is 1300 g/mol. The van der Waals surface area contributed by atoms with Crippen LogP contribution < -0.4 is 0 Å². The van der Waals surface area contributed by atoms with Crippen molar-refractivity contribution in [3.05, 3.63) is 0 Å². The van der Waals surface area contributed by atoms with E-state index in [-0.39, 0.29) is 0 Å². The van der Waals surface area contributed by atoms with E-state index in [1.165, 1.54) is 180 Å². The van der Waals surface area contributed by atoms with Crippen molar-refractivity contribution < 1.29 is 0 Å². The Morgan fingerprint density at radius 2 is 0.582 bits per heavy atom. The van der Waals surface area contributed by atoms with Gasteiger partial charge in [-0.25, -0.2) is 0 Å². The fraction of sp³-hybridized carbons (Fsp3) is 1.00. The SMILES string of the molecule is CC(C)C(C)(C)C.CC(C)C(C)(C)C.CC1CCCCC1.CC1CCC[C@H]1C.CC1CC[C@@H](C)C1.CCC(C)(C)CC.CCC(C)(C)CC.CCC(C)C(C)C.CCC(C)C(C)C.CCC(CC)CC.CCCC(C)(C)C.CCCC(C)CC.CCCC(C)CC. The van der Waals surface area contributed by atoms with Crippen LogP contribution in [0.3, 0.4) is 0 Å². The summed E-state index contributed by atoms with van der Waals surface area (Å²) in [6.07, 6.45) is 39.0. The molecule has 0 aromatic rings. The zero-order chi connectivity index (χ0) is 74.4. The topological polar surface area (TPSA) is 0 Å². The highest BCUT2D eigenvalue weighted by Gasteiger charge is 2.19. The molecule has 3 rings (SSSR count). The molecule has 6 unspecified atom stereocenters. The van der Waals surface area contributed by atoms with E-state index < -0.39 is 0 Å². The minimum Gasteiger partial charge on any atom is -0.0654 e. The summed E-state index contributed by atoms with van der Waals surface area (Å²) in [5.41, 5.74) is 2.72. The van der Waals surface area contributed by atoms with Crippen LogP contribution in [0, 0.1) is 110 Å². The van der Waals surface area contributed by atoms with Gasteiger partial charge >= 0.3 is 0 Å². The zero-order valence-electron chi connectivity index (χ0n) is 74.4. The molecule has 0 heterocycles. The summed E-state index contributed by atoms with van der Waals surface area (Å²) in [7, 11) is 0. The highest BCUT2D eigenvalue weighted by Crippen LogP contribution is 2.31. The Labute approximate surface area is 591 Å². The monoisotopic (exact) mass is 1300 g/mol. The molecular formula is C91H202. The van der Waals surface area contributed by atoms with Crippen molar-refractivity contribution in [1.82, 2.24) is 0 Å². The molecule has 0 radical (unpaired) electrons. The molecule has 3 aliphatic rings. The van der Waals surface area contributed by atoms with Gasteiger partial charge in [-0.15, -0.1) is 0 Å². The molecule has 0 spiro atoms.